The molecule has 11 atom stereocenters. The average molecular weight is 730 g/mol. The normalized spacial score (nSPS) is 42.7. The van der Waals surface area contributed by atoms with E-state index in [1.165, 1.54) is 43.3 Å². The Morgan fingerprint density at radius 1 is 1.06 bits per heavy atom. The van der Waals surface area contributed by atoms with Gasteiger partial charge in [-0.1, -0.05) is 75.1 Å². The highest BCUT2D eigenvalue weighted by atomic mass is 16.6. The lowest BCUT2D eigenvalue weighted by atomic mass is 9.31. The molecule has 13 aliphatic rings. The molecule has 9 heterocycles. The summed E-state index contributed by atoms with van der Waals surface area (Å²) in [7, 11) is 0. The fourth-order valence-corrected chi connectivity index (χ4v) is 15.0. The lowest BCUT2D eigenvalue weighted by Gasteiger charge is -2.69. The molecule has 54 heavy (non-hydrogen) atoms. The first-order valence-corrected chi connectivity index (χ1v) is 22.0. The third-order valence-corrected chi connectivity index (χ3v) is 16.8. The van der Waals surface area contributed by atoms with Crippen molar-refractivity contribution in [3.8, 4) is 0 Å². The van der Waals surface area contributed by atoms with E-state index in [2.05, 4.69) is 66.2 Å². The van der Waals surface area contributed by atoms with Gasteiger partial charge in [-0.3, -0.25) is 9.69 Å². The summed E-state index contributed by atoms with van der Waals surface area (Å²) < 4.78 is 13.8. The van der Waals surface area contributed by atoms with Crippen molar-refractivity contribution in [3.05, 3.63) is 81.8 Å². The number of carbonyl (C=O) groups is 2. The third-order valence-electron chi connectivity index (χ3n) is 16.8. The van der Waals surface area contributed by atoms with E-state index in [0.29, 0.717) is 48.2 Å². The molecule has 1 aromatic rings. The van der Waals surface area contributed by atoms with Crippen LogP contribution in [-0.2, 0) is 26.3 Å². The van der Waals surface area contributed by atoms with Crippen LogP contribution in [0.1, 0.15) is 119 Å². The monoisotopic (exact) mass is 729 g/mol. The Balaban J connectivity index is 1.15. The zero-order valence-electron chi connectivity index (χ0n) is 32.5. The van der Waals surface area contributed by atoms with Crippen LogP contribution in [0.4, 0.5) is 0 Å². The fraction of sp³-hybridized carbons (Fsp3) is 0.660. The van der Waals surface area contributed by atoms with Crippen LogP contribution in [0.3, 0.4) is 0 Å². The van der Waals surface area contributed by atoms with Crippen LogP contribution in [0.25, 0.3) is 0 Å². The third kappa shape index (κ3) is 4.22. The van der Waals surface area contributed by atoms with E-state index in [4.69, 9.17) is 15.2 Å². The molecule has 2 saturated carbocycles. The van der Waals surface area contributed by atoms with Crippen LogP contribution in [-0.4, -0.2) is 60.0 Å². The summed E-state index contributed by atoms with van der Waals surface area (Å²) in [5.41, 5.74) is 10.7. The number of hydrogen-bond donors (Lipinski definition) is 1. The highest BCUT2D eigenvalue weighted by Gasteiger charge is 2.91. The Morgan fingerprint density at radius 3 is 2.76 bits per heavy atom. The second-order valence-electron chi connectivity index (χ2n) is 19.3. The number of nitrogens with zero attached hydrogens (tertiary/aromatic N) is 2. The van der Waals surface area contributed by atoms with Gasteiger partial charge < -0.3 is 20.1 Å². The Morgan fingerprint density at radius 2 is 1.93 bits per heavy atom. The van der Waals surface area contributed by atoms with Crippen LogP contribution in [0.15, 0.2) is 65.1 Å². The number of fused-ring (bicyclic) bond motifs is 2. The van der Waals surface area contributed by atoms with E-state index in [9.17, 15) is 4.79 Å². The topological polar surface area (TPSA) is 85.1 Å². The lowest BCUT2D eigenvalue weighted by molar-refractivity contribution is -0.271. The number of rotatable bonds is 6. The SMILES string of the molecule is CCCC1C23C=C4CCC2(C(=CCC(C2CCCC2)N2CC5CC(C2)C2C=CC6=C(C4CC(C)C6)N2C5)OC3=O)C12OC(=O)c1c(CCCN)cccc12. The van der Waals surface area contributed by atoms with Gasteiger partial charge in [-0.2, -0.15) is 0 Å². The van der Waals surface area contributed by atoms with Crippen LogP contribution in [0.2, 0.25) is 0 Å². The van der Waals surface area contributed by atoms with Gasteiger partial charge in [-0.05, 0) is 118 Å². The van der Waals surface area contributed by atoms with Crippen molar-refractivity contribution >= 4 is 11.9 Å². The maximum absolute atomic E-state index is 15.2. The van der Waals surface area contributed by atoms with Gasteiger partial charge >= 0.3 is 11.9 Å². The van der Waals surface area contributed by atoms with Gasteiger partial charge in [-0.25, -0.2) is 4.79 Å². The second kappa shape index (κ2) is 12.2. The summed E-state index contributed by atoms with van der Waals surface area (Å²) in [5, 5.41) is 0. The Kier molecular flexibility index (Phi) is 7.69. The standard InChI is InChI=1S/C47H59N3O4/c1-3-8-39-45-24-33-18-19-46(45,47(39)36-13-6-11-31(12-7-20-48)41(36)43(51)54-47)40(53-44(45)52)17-16-37(30-9-4-5-10-30)49-25-29-23-34(27-49)38-15-14-32-21-28(2)22-35(33)42(32)50(38)26-29/h6,11,13-15,17,24,28-30,34-35,37-39H,3-5,7-10,12,16,18-23,25-27,48H2,1-2H3. The minimum Gasteiger partial charge on any atom is -0.449 e. The molecule has 7 nitrogen and oxygen atoms in total. The molecule has 4 aliphatic carbocycles. The van der Waals surface area contributed by atoms with Gasteiger partial charge in [0.15, 0.2) is 5.60 Å². The van der Waals surface area contributed by atoms with Crippen molar-refractivity contribution in [2.24, 2.45) is 52.1 Å². The summed E-state index contributed by atoms with van der Waals surface area (Å²) >= 11 is 0. The molecule has 0 radical (unpaired) electrons. The first-order valence-electron chi connectivity index (χ1n) is 22.0. The number of aryl methyl sites for hydroxylation is 1. The van der Waals surface area contributed by atoms with Crippen molar-refractivity contribution in [1.29, 1.82) is 0 Å². The molecule has 10 bridgehead atoms. The molecule has 9 aliphatic heterocycles. The number of ether oxygens (including phenoxy) is 2. The lowest BCUT2D eigenvalue weighted by Crippen LogP contribution is -2.75. The van der Waals surface area contributed by atoms with Gasteiger partial charge in [0.05, 0.1) is 17.0 Å². The minimum absolute atomic E-state index is 0.107. The minimum atomic E-state index is -0.935. The van der Waals surface area contributed by atoms with Crippen molar-refractivity contribution < 1.29 is 19.1 Å². The fourth-order valence-electron chi connectivity index (χ4n) is 15.0. The second-order valence-corrected chi connectivity index (χ2v) is 19.3. The first kappa shape index (κ1) is 34.1. The van der Waals surface area contributed by atoms with E-state index in [0.717, 1.165) is 99.9 Å². The summed E-state index contributed by atoms with van der Waals surface area (Å²) in [6, 6.07) is 7.23. The molecule has 5 fully saturated rings. The molecule has 286 valence electrons. The van der Waals surface area contributed by atoms with E-state index in [1.54, 1.807) is 5.70 Å². The van der Waals surface area contributed by atoms with Crippen molar-refractivity contribution in [3.63, 3.8) is 0 Å². The molecule has 3 saturated heterocycles. The largest absolute Gasteiger partial charge is 0.449 e. The number of allylic oxidation sites excluding steroid dienone is 3. The first-order chi connectivity index (χ1) is 26.3. The number of carbonyl (C=O) groups excluding carboxylic acids is 2. The van der Waals surface area contributed by atoms with Crippen LogP contribution in [0.5, 0.6) is 0 Å². The summed E-state index contributed by atoms with van der Waals surface area (Å²) in [4.78, 5) is 35.4. The van der Waals surface area contributed by atoms with Crippen LogP contribution >= 0.6 is 0 Å². The van der Waals surface area contributed by atoms with Crippen molar-refractivity contribution in [2.75, 3.05) is 26.2 Å². The highest BCUT2D eigenvalue weighted by molar-refractivity contribution is 5.99. The number of hydrogen-bond acceptors (Lipinski definition) is 7. The molecule has 2 spiro atoms. The van der Waals surface area contributed by atoms with Crippen molar-refractivity contribution in [2.45, 2.75) is 121 Å². The van der Waals surface area contributed by atoms with E-state index in [1.807, 2.05) is 0 Å². The quantitative estimate of drug-likeness (QED) is 0.235. The molecule has 1 aromatic carbocycles. The van der Waals surface area contributed by atoms with Gasteiger partial charge in [0.1, 0.15) is 11.2 Å². The molecule has 2 N–H and O–H groups in total. The number of nitrogens with two attached hydrogens (primary N) is 1. The van der Waals surface area contributed by atoms with Crippen LogP contribution in [0, 0.1) is 46.3 Å². The van der Waals surface area contributed by atoms with Gasteiger partial charge in [0, 0.05) is 48.8 Å². The van der Waals surface area contributed by atoms with E-state index >= 15 is 4.79 Å². The van der Waals surface area contributed by atoms with Gasteiger partial charge in [-0.15, -0.1) is 0 Å². The number of benzene rings is 1. The summed E-state index contributed by atoms with van der Waals surface area (Å²) in [6.07, 6.45) is 24.5. The van der Waals surface area contributed by atoms with E-state index in [-0.39, 0.29) is 17.9 Å². The zero-order chi connectivity index (χ0) is 36.6. The molecule has 0 aromatic heterocycles. The summed E-state index contributed by atoms with van der Waals surface area (Å²) in [5.74, 6) is 3.13. The Labute approximate surface area is 321 Å². The van der Waals surface area contributed by atoms with Gasteiger partial charge in [0.25, 0.3) is 0 Å². The molecular formula is C47H59N3O4. The van der Waals surface area contributed by atoms with Crippen LogP contribution < -0.4 is 5.73 Å². The molecule has 14 rings (SSSR count). The van der Waals surface area contributed by atoms with Crippen molar-refractivity contribution in [1.82, 2.24) is 9.80 Å². The molecule has 0 amide bonds. The molecule has 7 heteroatoms. The zero-order valence-corrected chi connectivity index (χ0v) is 32.5. The number of esters is 2. The highest BCUT2D eigenvalue weighted by Crippen LogP contribution is 2.84. The number of piperidine rings is 2. The maximum Gasteiger partial charge on any atom is 0.339 e. The van der Waals surface area contributed by atoms with Gasteiger partial charge in [0.2, 0.25) is 0 Å². The summed E-state index contributed by atoms with van der Waals surface area (Å²) in [6.45, 7) is 8.67. The predicted octanol–water partition coefficient (Wildman–Crippen LogP) is 7.96. The maximum atomic E-state index is 15.2. The average Bonchev–Trinajstić information content (AvgIpc) is 3.87. The predicted molar refractivity (Wildman–Crippen MR) is 208 cm³/mol. The molecular weight excluding hydrogens is 671 g/mol. The molecule has 11 unspecified atom stereocenters. The Bertz CT molecular complexity index is 1920. The Hall–Kier alpha value is -3.16. The van der Waals surface area contributed by atoms with E-state index < -0.39 is 16.4 Å². The smallest absolute Gasteiger partial charge is 0.339 e.